The van der Waals surface area contributed by atoms with Crippen molar-refractivity contribution in [1.82, 2.24) is 4.98 Å². The highest BCUT2D eigenvalue weighted by molar-refractivity contribution is 6.31. The second-order valence-electron chi connectivity index (χ2n) is 6.69. The maximum Gasteiger partial charge on any atom is 0.231 e. The maximum atomic E-state index is 13.5. The lowest BCUT2D eigenvalue weighted by molar-refractivity contribution is 0.105. The fourth-order valence-electron chi connectivity index (χ4n) is 3.29. The minimum atomic E-state index is -0.237. The number of benzene rings is 3. The van der Waals surface area contributed by atoms with E-state index in [1.807, 2.05) is 36.4 Å². The molecule has 1 heterocycles. The van der Waals surface area contributed by atoms with E-state index in [0.29, 0.717) is 45.0 Å². The largest absolute Gasteiger partial charge is 0.497 e. The second kappa shape index (κ2) is 8.75. The maximum absolute atomic E-state index is 13.5. The smallest absolute Gasteiger partial charge is 0.231 e. The summed E-state index contributed by atoms with van der Waals surface area (Å²) in [7, 11) is 4.70. The van der Waals surface area contributed by atoms with Gasteiger partial charge in [-0.2, -0.15) is 0 Å². The standard InChI is InChI=1S/C25H21NO5/c1-28-18-13-11-16(12-14-18)23(27)19(25-26-20-8-4-5-9-21(20)31-25)15-17-7-6-10-22(29-2)24(17)30-3/h4-15H,1-3H3/b19-15-. The number of oxazole rings is 1. The van der Waals surface area contributed by atoms with Crippen molar-refractivity contribution in [1.29, 1.82) is 0 Å². The highest BCUT2D eigenvalue weighted by Crippen LogP contribution is 2.34. The van der Waals surface area contributed by atoms with Crippen LogP contribution in [0.3, 0.4) is 0 Å². The average Bonchev–Trinajstić information content (AvgIpc) is 3.25. The molecule has 4 aromatic rings. The van der Waals surface area contributed by atoms with E-state index in [9.17, 15) is 4.79 Å². The number of hydrogen-bond donors (Lipinski definition) is 0. The molecule has 6 nitrogen and oxygen atoms in total. The van der Waals surface area contributed by atoms with Gasteiger partial charge in [0.1, 0.15) is 11.3 Å². The van der Waals surface area contributed by atoms with Crippen LogP contribution in [0.25, 0.3) is 22.7 Å². The van der Waals surface area contributed by atoms with Gasteiger partial charge in [0, 0.05) is 11.1 Å². The molecule has 31 heavy (non-hydrogen) atoms. The number of carbonyl (C=O) groups is 1. The van der Waals surface area contributed by atoms with Crippen molar-refractivity contribution in [2.45, 2.75) is 0 Å². The second-order valence-corrected chi connectivity index (χ2v) is 6.69. The number of aromatic nitrogens is 1. The molecular weight excluding hydrogens is 394 g/mol. The van der Waals surface area contributed by atoms with Crippen LogP contribution in [0.5, 0.6) is 17.2 Å². The Labute approximate surface area is 179 Å². The number of allylic oxidation sites excluding steroid dienone is 1. The molecule has 0 radical (unpaired) electrons. The van der Waals surface area contributed by atoms with Gasteiger partial charge in [0.25, 0.3) is 0 Å². The summed E-state index contributed by atoms with van der Waals surface area (Å²) >= 11 is 0. The van der Waals surface area contributed by atoms with Crippen LogP contribution in [0.4, 0.5) is 0 Å². The van der Waals surface area contributed by atoms with Crippen molar-refractivity contribution in [2.75, 3.05) is 21.3 Å². The van der Waals surface area contributed by atoms with Gasteiger partial charge in [-0.1, -0.05) is 24.3 Å². The number of methoxy groups -OCH3 is 3. The lowest BCUT2D eigenvalue weighted by atomic mass is 10.00. The molecule has 0 spiro atoms. The topological polar surface area (TPSA) is 70.8 Å². The molecular formula is C25H21NO5. The molecule has 0 aliphatic carbocycles. The molecule has 0 bridgehead atoms. The predicted octanol–water partition coefficient (Wildman–Crippen LogP) is 5.28. The predicted molar refractivity (Wildman–Crippen MR) is 119 cm³/mol. The zero-order chi connectivity index (χ0) is 21.8. The summed E-state index contributed by atoms with van der Waals surface area (Å²) in [6, 6.07) is 19.7. The number of Topliss-reactive ketones (excluding diaryl/α,β-unsaturated/α-hetero) is 1. The van der Waals surface area contributed by atoms with Gasteiger partial charge in [0.2, 0.25) is 5.89 Å². The van der Waals surface area contributed by atoms with E-state index < -0.39 is 0 Å². The zero-order valence-electron chi connectivity index (χ0n) is 17.4. The normalized spacial score (nSPS) is 11.4. The molecule has 6 heteroatoms. The minimum absolute atomic E-state index is 0.229. The Morgan fingerprint density at radius 2 is 1.65 bits per heavy atom. The van der Waals surface area contributed by atoms with Crippen LogP contribution in [0.1, 0.15) is 21.8 Å². The first-order chi connectivity index (χ1) is 15.1. The first-order valence-electron chi connectivity index (χ1n) is 9.62. The Morgan fingerprint density at radius 3 is 2.32 bits per heavy atom. The highest BCUT2D eigenvalue weighted by Gasteiger charge is 2.21. The first kappa shape index (κ1) is 20.2. The Bertz CT molecular complexity index is 1220. The van der Waals surface area contributed by atoms with Crippen LogP contribution >= 0.6 is 0 Å². The van der Waals surface area contributed by atoms with Crippen LogP contribution in [0.2, 0.25) is 0 Å². The molecule has 0 saturated heterocycles. The number of para-hydroxylation sites is 3. The van der Waals surface area contributed by atoms with Crippen LogP contribution in [0.15, 0.2) is 71.1 Å². The molecule has 0 aliphatic rings. The summed E-state index contributed by atoms with van der Waals surface area (Å²) in [6.07, 6.45) is 1.71. The summed E-state index contributed by atoms with van der Waals surface area (Å²) < 4.78 is 22.0. The summed E-state index contributed by atoms with van der Waals surface area (Å²) in [5.41, 5.74) is 2.72. The van der Waals surface area contributed by atoms with Gasteiger partial charge in [0.15, 0.2) is 22.9 Å². The zero-order valence-corrected chi connectivity index (χ0v) is 17.4. The quantitative estimate of drug-likeness (QED) is 0.302. The summed E-state index contributed by atoms with van der Waals surface area (Å²) in [4.78, 5) is 18.0. The van der Waals surface area contributed by atoms with E-state index in [-0.39, 0.29) is 11.7 Å². The lowest BCUT2D eigenvalue weighted by Crippen LogP contribution is -2.04. The molecule has 1 aromatic heterocycles. The number of ether oxygens (including phenoxy) is 3. The van der Waals surface area contributed by atoms with Gasteiger partial charge in [0.05, 0.1) is 26.9 Å². The molecule has 3 aromatic carbocycles. The molecule has 0 amide bonds. The average molecular weight is 415 g/mol. The van der Waals surface area contributed by atoms with E-state index in [2.05, 4.69) is 4.98 Å². The molecule has 0 unspecified atom stereocenters. The van der Waals surface area contributed by atoms with Gasteiger partial charge >= 0.3 is 0 Å². The number of ketones is 1. The number of nitrogens with zero attached hydrogens (tertiary/aromatic N) is 1. The van der Waals surface area contributed by atoms with Gasteiger partial charge in [-0.05, 0) is 48.5 Å². The van der Waals surface area contributed by atoms with Crippen molar-refractivity contribution in [2.24, 2.45) is 0 Å². The Morgan fingerprint density at radius 1 is 0.871 bits per heavy atom. The van der Waals surface area contributed by atoms with E-state index in [1.165, 1.54) is 0 Å². The van der Waals surface area contributed by atoms with Crippen LogP contribution in [-0.2, 0) is 0 Å². The van der Waals surface area contributed by atoms with Crippen molar-refractivity contribution in [3.05, 3.63) is 83.7 Å². The van der Waals surface area contributed by atoms with Gasteiger partial charge in [-0.15, -0.1) is 0 Å². The van der Waals surface area contributed by atoms with E-state index in [0.717, 1.165) is 0 Å². The monoisotopic (exact) mass is 415 g/mol. The third kappa shape index (κ3) is 4.00. The van der Waals surface area contributed by atoms with Crippen molar-refractivity contribution >= 4 is 28.5 Å². The fraction of sp³-hybridized carbons (Fsp3) is 0.120. The van der Waals surface area contributed by atoms with Crippen LogP contribution in [0, 0.1) is 0 Å². The summed E-state index contributed by atoms with van der Waals surface area (Å²) in [5.74, 6) is 1.73. The third-order valence-electron chi connectivity index (χ3n) is 4.85. The number of fused-ring (bicyclic) bond motifs is 1. The third-order valence-corrected chi connectivity index (χ3v) is 4.85. The first-order valence-corrected chi connectivity index (χ1v) is 9.62. The van der Waals surface area contributed by atoms with E-state index in [1.54, 1.807) is 57.7 Å². The molecule has 0 fully saturated rings. The van der Waals surface area contributed by atoms with Crippen LogP contribution in [-0.4, -0.2) is 32.1 Å². The Kier molecular flexibility index (Phi) is 5.71. The SMILES string of the molecule is COc1ccc(C(=O)/C(=C/c2cccc(OC)c2OC)c2nc3ccccc3o2)cc1. The van der Waals surface area contributed by atoms with Crippen molar-refractivity contribution in [3.63, 3.8) is 0 Å². The van der Waals surface area contributed by atoms with Crippen molar-refractivity contribution < 1.29 is 23.4 Å². The molecule has 0 atom stereocenters. The van der Waals surface area contributed by atoms with Gasteiger partial charge in [-0.25, -0.2) is 4.98 Å². The van der Waals surface area contributed by atoms with E-state index in [4.69, 9.17) is 18.6 Å². The van der Waals surface area contributed by atoms with Gasteiger partial charge < -0.3 is 18.6 Å². The fourth-order valence-corrected chi connectivity index (χ4v) is 3.29. The van der Waals surface area contributed by atoms with Gasteiger partial charge in [-0.3, -0.25) is 4.79 Å². The highest BCUT2D eigenvalue weighted by atomic mass is 16.5. The molecule has 156 valence electrons. The van der Waals surface area contributed by atoms with Crippen LogP contribution < -0.4 is 14.2 Å². The molecule has 0 N–H and O–H groups in total. The Balaban J connectivity index is 1.88. The number of hydrogen-bond acceptors (Lipinski definition) is 6. The summed E-state index contributed by atoms with van der Waals surface area (Å²) in [5, 5.41) is 0. The Hall–Kier alpha value is -4.06. The number of rotatable bonds is 7. The van der Waals surface area contributed by atoms with E-state index >= 15 is 0 Å². The summed E-state index contributed by atoms with van der Waals surface area (Å²) in [6.45, 7) is 0. The number of carbonyl (C=O) groups excluding carboxylic acids is 1. The molecule has 4 rings (SSSR count). The van der Waals surface area contributed by atoms with Crippen molar-refractivity contribution in [3.8, 4) is 17.2 Å². The lowest BCUT2D eigenvalue weighted by Gasteiger charge is -2.11. The molecule has 0 aliphatic heterocycles. The molecule has 0 saturated carbocycles. The minimum Gasteiger partial charge on any atom is -0.497 e.